The largest absolute Gasteiger partial charge is 0.474 e. The van der Waals surface area contributed by atoms with Crippen LogP contribution in [0.5, 0.6) is 5.88 Å². The van der Waals surface area contributed by atoms with E-state index in [-0.39, 0.29) is 24.0 Å². The molecule has 2 heterocycles. The van der Waals surface area contributed by atoms with Crippen LogP contribution >= 0.6 is 24.0 Å². The second kappa shape index (κ2) is 7.40. The van der Waals surface area contributed by atoms with Gasteiger partial charge < -0.3 is 9.64 Å². The van der Waals surface area contributed by atoms with E-state index in [0.717, 1.165) is 25.0 Å². The molecule has 1 aromatic heterocycles. The van der Waals surface area contributed by atoms with Crippen LogP contribution in [0.2, 0.25) is 0 Å². The Labute approximate surface area is 124 Å². The molecule has 0 atom stereocenters. The maximum atomic E-state index is 5.56. The maximum Gasteiger partial charge on any atom is 0.283 e. The molecule has 18 heavy (non-hydrogen) atoms. The van der Waals surface area contributed by atoms with E-state index < -0.39 is 0 Å². The molecule has 0 amide bonds. The van der Waals surface area contributed by atoms with Gasteiger partial charge in [-0.1, -0.05) is 19.4 Å². The van der Waals surface area contributed by atoms with E-state index >= 15 is 0 Å². The first-order chi connectivity index (χ1) is 8.31. The Kier molecular flexibility index (Phi) is 6.17. The van der Waals surface area contributed by atoms with Crippen LogP contribution in [-0.4, -0.2) is 35.4 Å². The van der Waals surface area contributed by atoms with Gasteiger partial charge in [0.15, 0.2) is 5.69 Å². The summed E-state index contributed by atoms with van der Waals surface area (Å²) in [5, 5.41) is 7.71. The molecule has 0 bridgehead atoms. The molecule has 1 aliphatic heterocycles. The number of halogens is 1. The Morgan fingerprint density at radius 3 is 3.00 bits per heavy atom. The number of ether oxygens (including phenoxy) is 1. The average molecular weight is 363 g/mol. The van der Waals surface area contributed by atoms with Crippen molar-refractivity contribution in [3.63, 3.8) is 0 Å². The Hall–Kier alpha value is -1.05. The summed E-state index contributed by atoms with van der Waals surface area (Å²) in [6.45, 7) is 3.56. The summed E-state index contributed by atoms with van der Waals surface area (Å²) >= 11 is 0. The fourth-order valence-corrected chi connectivity index (χ4v) is 1.62. The molecule has 100 valence electrons. The normalized spacial score (nSPS) is 14.1. The highest BCUT2D eigenvalue weighted by atomic mass is 127. The lowest BCUT2D eigenvalue weighted by atomic mass is 10.1. The minimum Gasteiger partial charge on any atom is -0.474 e. The van der Waals surface area contributed by atoms with E-state index in [1.165, 1.54) is 0 Å². The van der Waals surface area contributed by atoms with Gasteiger partial charge in [0, 0.05) is 19.2 Å². The molecule has 0 unspecified atom stereocenters. The summed E-state index contributed by atoms with van der Waals surface area (Å²) in [7, 11) is 2.01. The van der Waals surface area contributed by atoms with Gasteiger partial charge in [-0.3, -0.25) is 0 Å². The number of allylic oxidation sites excluding steroid dienone is 2. The van der Waals surface area contributed by atoms with Crippen LogP contribution in [0.15, 0.2) is 23.0 Å². The van der Waals surface area contributed by atoms with Crippen molar-refractivity contribution in [2.24, 2.45) is 0 Å². The minimum absolute atomic E-state index is 0. The molecule has 6 heteroatoms. The lowest BCUT2D eigenvalue weighted by molar-refractivity contribution is 0.252. The fraction of sp³-hybridized carbons (Fsp3) is 0.500. The highest BCUT2D eigenvalue weighted by Gasteiger charge is 2.17. The summed E-state index contributed by atoms with van der Waals surface area (Å²) in [6.07, 6.45) is 8.09. The van der Waals surface area contributed by atoms with Crippen molar-refractivity contribution < 1.29 is 9.37 Å². The van der Waals surface area contributed by atoms with Crippen molar-refractivity contribution in [2.45, 2.75) is 19.8 Å². The van der Waals surface area contributed by atoms with Crippen molar-refractivity contribution >= 4 is 29.5 Å². The standard InChI is InChI=1S/C12H17N3O2.HI/c1-3-4-8-16-12-11(13-17-14-12)10-6-5-7-15(2)9-10;/h5-7H,3-4,8-9H2,1-2H3;1H. The third kappa shape index (κ3) is 3.72. The molecule has 0 N–H and O–H groups in total. The Balaban J connectivity index is 0.00000162. The van der Waals surface area contributed by atoms with Crippen LogP contribution in [0.25, 0.3) is 5.57 Å². The monoisotopic (exact) mass is 363 g/mol. The van der Waals surface area contributed by atoms with Gasteiger partial charge in [-0.25, -0.2) is 4.63 Å². The molecule has 0 saturated heterocycles. The third-order valence-corrected chi connectivity index (χ3v) is 2.56. The van der Waals surface area contributed by atoms with Crippen molar-refractivity contribution in [2.75, 3.05) is 20.2 Å². The zero-order valence-electron chi connectivity index (χ0n) is 10.6. The number of hydrogen-bond donors (Lipinski definition) is 0. The molecule has 1 aromatic rings. The van der Waals surface area contributed by atoms with Gasteiger partial charge in [0.05, 0.1) is 6.61 Å². The molecule has 5 nitrogen and oxygen atoms in total. The zero-order chi connectivity index (χ0) is 12.1. The van der Waals surface area contributed by atoms with E-state index in [0.29, 0.717) is 18.2 Å². The Bertz CT molecular complexity index is 429. The maximum absolute atomic E-state index is 5.56. The molecule has 0 saturated carbocycles. The first kappa shape index (κ1) is 15.0. The molecule has 2 rings (SSSR count). The summed E-state index contributed by atoms with van der Waals surface area (Å²) in [4.78, 5) is 2.07. The number of rotatable bonds is 5. The number of unbranched alkanes of at least 4 members (excludes halogenated alkanes) is 1. The van der Waals surface area contributed by atoms with E-state index in [1.807, 2.05) is 25.4 Å². The highest BCUT2D eigenvalue weighted by Crippen LogP contribution is 2.24. The van der Waals surface area contributed by atoms with Crippen molar-refractivity contribution in [1.82, 2.24) is 15.2 Å². The second-order valence-electron chi connectivity index (χ2n) is 4.07. The molecular weight excluding hydrogens is 345 g/mol. The topological polar surface area (TPSA) is 51.4 Å². The molecule has 0 aromatic carbocycles. The average Bonchev–Trinajstić information content (AvgIpc) is 2.78. The predicted molar refractivity (Wildman–Crippen MR) is 79.9 cm³/mol. The molecule has 0 spiro atoms. The van der Waals surface area contributed by atoms with Gasteiger partial charge in [0.1, 0.15) is 0 Å². The second-order valence-corrected chi connectivity index (χ2v) is 4.07. The molecule has 0 aliphatic carbocycles. The lowest BCUT2D eigenvalue weighted by Gasteiger charge is -2.18. The van der Waals surface area contributed by atoms with E-state index in [4.69, 9.17) is 9.37 Å². The van der Waals surface area contributed by atoms with Crippen LogP contribution in [-0.2, 0) is 0 Å². The van der Waals surface area contributed by atoms with Gasteiger partial charge in [-0.05, 0) is 29.0 Å². The van der Waals surface area contributed by atoms with Crippen molar-refractivity contribution in [1.29, 1.82) is 0 Å². The molecule has 1 aliphatic rings. The first-order valence-corrected chi connectivity index (χ1v) is 5.84. The van der Waals surface area contributed by atoms with Gasteiger partial charge in [-0.2, -0.15) is 0 Å². The number of likely N-dealkylation sites (N-methyl/N-ethyl adjacent to an activating group) is 1. The fourth-order valence-electron chi connectivity index (χ4n) is 1.62. The number of nitrogens with zero attached hydrogens (tertiary/aromatic N) is 3. The van der Waals surface area contributed by atoms with Crippen LogP contribution in [0.4, 0.5) is 0 Å². The van der Waals surface area contributed by atoms with Gasteiger partial charge >= 0.3 is 0 Å². The quantitative estimate of drug-likeness (QED) is 0.595. The molecule has 0 fully saturated rings. The summed E-state index contributed by atoms with van der Waals surface area (Å²) in [6, 6.07) is 0. The van der Waals surface area contributed by atoms with Gasteiger partial charge in [0.25, 0.3) is 5.88 Å². The summed E-state index contributed by atoms with van der Waals surface area (Å²) < 4.78 is 10.3. The number of aromatic nitrogens is 2. The van der Waals surface area contributed by atoms with Crippen LogP contribution in [0.3, 0.4) is 0 Å². The third-order valence-electron chi connectivity index (χ3n) is 2.56. The van der Waals surface area contributed by atoms with Gasteiger partial charge in [0.2, 0.25) is 0 Å². The Morgan fingerprint density at radius 1 is 1.44 bits per heavy atom. The van der Waals surface area contributed by atoms with Crippen molar-refractivity contribution in [3.05, 3.63) is 24.0 Å². The number of hydrogen-bond acceptors (Lipinski definition) is 5. The van der Waals surface area contributed by atoms with Crippen LogP contribution < -0.4 is 4.74 Å². The smallest absolute Gasteiger partial charge is 0.283 e. The highest BCUT2D eigenvalue weighted by molar-refractivity contribution is 14.0. The predicted octanol–water partition coefficient (Wildman–Crippen LogP) is 2.71. The summed E-state index contributed by atoms with van der Waals surface area (Å²) in [5.41, 5.74) is 1.76. The molecule has 0 radical (unpaired) electrons. The van der Waals surface area contributed by atoms with E-state index in [9.17, 15) is 0 Å². The van der Waals surface area contributed by atoms with Gasteiger partial charge in [-0.15, -0.1) is 24.0 Å². The first-order valence-electron chi connectivity index (χ1n) is 5.84. The Morgan fingerprint density at radius 2 is 2.28 bits per heavy atom. The lowest BCUT2D eigenvalue weighted by Crippen LogP contribution is -2.16. The van der Waals surface area contributed by atoms with Crippen LogP contribution in [0.1, 0.15) is 25.5 Å². The minimum atomic E-state index is 0. The van der Waals surface area contributed by atoms with E-state index in [1.54, 1.807) is 0 Å². The van der Waals surface area contributed by atoms with Crippen LogP contribution in [0, 0.1) is 0 Å². The summed E-state index contributed by atoms with van der Waals surface area (Å²) in [5.74, 6) is 0.494. The zero-order valence-corrected chi connectivity index (χ0v) is 13.0. The SMILES string of the molecule is CCCCOc1nonc1C1=CC=CN(C)C1.I. The van der Waals surface area contributed by atoms with Crippen molar-refractivity contribution in [3.8, 4) is 5.88 Å². The van der Waals surface area contributed by atoms with E-state index in [2.05, 4.69) is 22.1 Å². The molecular formula is C12H18IN3O2.